The predicted octanol–water partition coefficient (Wildman–Crippen LogP) is 0.938. The summed E-state index contributed by atoms with van der Waals surface area (Å²) in [6, 6.07) is 0. The summed E-state index contributed by atoms with van der Waals surface area (Å²) in [7, 11) is 1.98. The Balaban J connectivity index is 2.07. The van der Waals surface area contributed by atoms with E-state index in [1.165, 1.54) is 5.69 Å². The van der Waals surface area contributed by atoms with Gasteiger partial charge in [0.25, 0.3) is 0 Å². The number of rotatable bonds is 4. The van der Waals surface area contributed by atoms with E-state index in [-0.39, 0.29) is 12.7 Å². The Morgan fingerprint density at radius 2 is 2.33 bits per heavy atom. The van der Waals surface area contributed by atoms with Crippen LogP contribution in [0.5, 0.6) is 0 Å². The molecule has 1 saturated heterocycles. The summed E-state index contributed by atoms with van der Waals surface area (Å²) in [6.07, 6.45) is 0.868. The average molecular weight is 318 g/mol. The summed E-state index contributed by atoms with van der Waals surface area (Å²) in [5.41, 5.74) is 2.28. The van der Waals surface area contributed by atoms with Crippen LogP contribution in [-0.4, -0.2) is 52.2 Å². The van der Waals surface area contributed by atoms with Crippen LogP contribution in [0.3, 0.4) is 0 Å². The molecule has 1 aromatic heterocycles. The molecule has 1 atom stereocenters. The van der Waals surface area contributed by atoms with Crippen LogP contribution >= 0.6 is 15.9 Å². The van der Waals surface area contributed by atoms with E-state index in [2.05, 4.69) is 32.9 Å². The highest BCUT2D eigenvalue weighted by molar-refractivity contribution is 9.10. The van der Waals surface area contributed by atoms with Gasteiger partial charge < -0.3 is 9.84 Å². The van der Waals surface area contributed by atoms with E-state index in [1.54, 1.807) is 0 Å². The van der Waals surface area contributed by atoms with Crippen LogP contribution < -0.4 is 0 Å². The van der Waals surface area contributed by atoms with Crippen LogP contribution in [0.4, 0.5) is 0 Å². The monoisotopic (exact) mass is 317 g/mol. The van der Waals surface area contributed by atoms with E-state index in [1.807, 2.05) is 11.7 Å². The maximum Gasteiger partial charge on any atom is 0.0933 e. The summed E-state index contributed by atoms with van der Waals surface area (Å²) >= 11 is 3.63. The van der Waals surface area contributed by atoms with Crippen molar-refractivity contribution in [3.05, 3.63) is 15.9 Å². The summed E-state index contributed by atoms with van der Waals surface area (Å²) in [5, 5.41) is 13.6. The molecule has 1 aliphatic heterocycles. The Bertz CT molecular complexity index is 408. The van der Waals surface area contributed by atoms with E-state index < -0.39 is 0 Å². The molecule has 6 heteroatoms. The van der Waals surface area contributed by atoms with Crippen LogP contribution in [0.2, 0.25) is 0 Å². The standard InChI is InChI=1S/C12H20BrN3O2/c1-3-10-12(13)11(15(2)14-10)7-16-4-5-18-9(6-16)8-17/h9,17H,3-8H2,1-2H3. The molecule has 102 valence electrons. The Morgan fingerprint density at radius 1 is 1.56 bits per heavy atom. The molecule has 1 fully saturated rings. The Kier molecular flexibility index (Phi) is 4.77. The van der Waals surface area contributed by atoms with E-state index >= 15 is 0 Å². The molecule has 2 heterocycles. The summed E-state index contributed by atoms with van der Waals surface area (Å²) < 4.78 is 8.50. The smallest absolute Gasteiger partial charge is 0.0933 e. The third kappa shape index (κ3) is 2.93. The summed E-state index contributed by atoms with van der Waals surface area (Å²) in [4.78, 5) is 2.30. The zero-order valence-electron chi connectivity index (χ0n) is 10.9. The fraction of sp³-hybridized carbons (Fsp3) is 0.750. The van der Waals surface area contributed by atoms with Gasteiger partial charge in [-0.25, -0.2) is 0 Å². The molecule has 18 heavy (non-hydrogen) atoms. The number of aryl methyl sites for hydroxylation is 2. The van der Waals surface area contributed by atoms with Crippen molar-refractivity contribution < 1.29 is 9.84 Å². The second-order valence-electron chi connectivity index (χ2n) is 4.60. The van der Waals surface area contributed by atoms with Crippen molar-refractivity contribution in [2.45, 2.75) is 26.0 Å². The fourth-order valence-corrected chi connectivity index (χ4v) is 2.98. The van der Waals surface area contributed by atoms with Crippen molar-refractivity contribution in [1.29, 1.82) is 0 Å². The maximum atomic E-state index is 9.15. The lowest BCUT2D eigenvalue weighted by atomic mass is 10.2. The van der Waals surface area contributed by atoms with E-state index in [9.17, 15) is 0 Å². The van der Waals surface area contributed by atoms with Gasteiger partial charge in [-0.05, 0) is 22.4 Å². The van der Waals surface area contributed by atoms with Crippen molar-refractivity contribution in [2.75, 3.05) is 26.3 Å². The van der Waals surface area contributed by atoms with Gasteiger partial charge in [0.15, 0.2) is 0 Å². The van der Waals surface area contributed by atoms with E-state index in [0.29, 0.717) is 6.61 Å². The number of nitrogens with zero attached hydrogens (tertiary/aromatic N) is 3. The second kappa shape index (κ2) is 6.14. The molecule has 1 N–H and O–H groups in total. The topological polar surface area (TPSA) is 50.5 Å². The molecule has 0 saturated carbocycles. The first-order valence-electron chi connectivity index (χ1n) is 6.30. The highest BCUT2D eigenvalue weighted by Gasteiger charge is 2.22. The Morgan fingerprint density at radius 3 is 2.94 bits per heavy atom. The van der Waals surface area contributed by atoms with Crippen LogP contribution in [0.1, 0.15) is 18.3 Å². The molecular formula is C12H20BrN3O2. The molecule has 0 amide bonds. The van der Waals surface area contributed by atoms with Crippen molar-refractivity contribution in [2.24, 2.45) is 7.05 Å². The number of hydrogen-bond acceptors (Lipinski definition) is 4. The molecule has 1 aromatic rings. The predicted molar refractivity (Wildman–Crippen MR) is 72.4 cm³/mol. The first kappa shape index (κ1) is 14.0. The minimum absolute atomic E-state index is 0.0589. The van der Waals surface area contributed by atoms with Crippen molar-refractivity contribution in [3.63, 3.8) is 0 Å². The van der Waals surface area contributed by atoms with Crippen LogP contribution in [0, 0.1) is 0 Å². The van der Waals surface area contributed by atoms with Crippen LogP contribution in [-0.2, 0) is 24.8 Å². The zero-order chi connectivity index (χ0) is 13.1. The minimum Gasteiger partial charge on any atom is -0.394 e. The quantitative estimate of drug-likeness (QED) is 0.898. The highest BCUT2D eigenvalue weighted by atomic mass is 79.9. The normalized spacial score (nSPS) is 21.4. The van der Waals surface area contributed by atoms with Gasteiger partial charge in [0.1, 0.15) is 0 Å². The van der Waals surface area contributed by atoms with Gasteiger partial charge in [-0.15, -0.1) is 0 Å². The van der Waals surface area contributed by atoms with Crippen molar-refractivity contribution >= 4 is 15.9 Å². The first-order chi connectivity index (χ1) is 8.65. The van der Waals surface area contributed by atoms with Crippen LogP contribution in [0.15, 0.2) is 4.47 Å². The van der Waals surface area contributed by atoms with Gasteiger partial charge in [0, 0.05) is 26.7 Å². The van der Waals surface area contributed by atoms with Gasteiger partial charge in [0.05, 0.1) is 35.2 Å². The Labute approximate surface area is 116 Å². The number of aliphatic hydroxyl groups is 1. The summed E-state index contributed by atoms with van der Waals surface area (Å²) in [6.45, 7) is 5.38. The number of aliphatic hydroxyl groups excluding tert-OH is 1. The third-order valence-corrected chi connectivity index (χ3v) is 4.22. The van der Waals surface area contributed by atoms with Crippen molar-refractivity contribution in [1.82, 2.24) is 14.7 Å². The minimum atomic E-state index is -0.0589. The zero-order valence-corrected chi connectivity index (χ0v) is 12.5. The SMILES string of the molecule is CCc1nn(C)c(CN2CCOC(CO)C2)c1Br. The average Bonchev–Trinajstić information content (AvgIpc) is 2.66. The molecule has 0 aliphatic carbocycles. The molecule has 5 nitrogen and oxygen atoms in total. The van der Waals surface area contributed by atoms with Gasteiger partial charge in [-0.2, -0.15) is 5.10 Å². The van der Waals surface area contributed by atoms with Gasteiger partial charge in [0.2, 0.25) is 0 Å². The number of ether oxygens (including phenoxy) is 1. The van der Waals surface area contributed by atoms with E-state index in [0.717, 1.165) is 36.2 Å². The highest BCUT2D eigenvalue weighted by Crippen LogP contribution is 2.23. The molecule has 0 bridgehead atoms. The molecule has 1 aliphatic rings. The van der Waals surface area contributed by atoms with Crippen LogP contribution in [0.25, 0.3) is 0 Å². The Hall–Kier alpha value is -0.430. The lowest BCUT2D eigenvalue weighted by molar-refractivity contribution is -0.0556. The molecule has 1 unspecified atom stereocenters. The van der Waals surface area contributed by atoms with Gasteiger partial charge >= 0.3 is 0 Å². The summed E-state index contributed by atoms with van der Waals surface area (Å²) in [5.74, 6) is 0. The molecule has 2 rings (SSSR count). The number of aromatic nitrogens is 2. The third-order valence-electron chi connectivity index (χ3n) is 3.30. The lowest BCUT2D eigenvalue weighted by Crippen LogP contribution is -2.43. The number of hydrogen-bond donors (Lipinski definition) is 1. The molecule has 0 spiro atoms. The maximum absolute atomic E-state index is 9.15. The van der Waals surface area contributed by atoms with Gasteiger partial charge in [-0.3, -0.25) is 9.58 Å². The number of halogens is 1. The second-order valence-corrected chi connectivity index (χ2v) is 5.39. The van der Waals surface area contributed by atoms with Crippen molar-refractivity contribution in [3.8, 4) is 0 Å². The lowest BCUT2D eigenvalue weighted by Gasteiger charge is -2.31. The molecular weight excluding hydrogens is 298 g/mol. The van der Waals surface area contributed by atoms with Gasteiger partial charge in [-0.1, -0.05) is 6.92 Å². The largest absolute Gasteiger partial charge is 0.394 e. The number of morpholine rings is 1. The van der Waals surface area contributed by atoms with E-state index in [4.69, 9.17) is 9.84 Å². The fourth-order valence-electron chi connectivity index (χ4n) is 2.24. The molecule has 0 radical (unpaired) electrons. The first-order valence-corrected chi connectivity index (χ1v) is 7.10. The molecule has 0 aromatic carbocycles.